The lowest BCUT2D eigenvalue weighted by Gasteiger charge is -2.21. The molecule has 19 heavy (non-hydrogen) atoms. The molecule has 1 aromatic heterocycles. The quantitative estimate of drug-likeness (QED) is 0.830. The van der Waals surface area contributed by atoms with Crippen LogP contribution in [0.3, 0.4) is 0 Å². The highest BCUT2D eigenvalue weighted by Crippen LogP contribution is 2.36. The van der Waals surface area contributed by atoms with Gasteiger partial charge in [0, 0.05) is 35.4 Å². The first kappa shape index (κ1) is 14.9. The summed E-state index contributed by atoms with van der Waals surface area (Å²) < 4.78 is 0. The molecule has 106 valence electrons. The zero-order valence-corrected chi connectivity index (χ0v) is 13.4. The molecule has 0 radical (unpaired) electrons. The Bertz CT molecular complexity index is 391. The monoisotopic (exact) mass is 297 g/mol. The first-order valence-corrected chi connectivity index (χ1v) is 9.06. The lowest BCUT2D eigenvalue weighted by atomic mass is 10.0. The topological polar surface area (TPSA) is 20.3 Å². The number of amides is 1. The van der Waals surface area contributed by atoms with Crippen LogP contribution in [0.5, 0.6) is 0 Å². The van der Waals surface area contributed by atoms with Gasteiger partial charge >= 0.3 is 0 Å². The molecule has 2 unspecified atom stereocenters. The van der Waals surface area contributed by atoms with Gasteiger partial charge in [-0.25, -0.2) is 0 Å². The van der Waals surface area contributed by atoms with E-state index in [0.717, 1.165) is 31.7 Å². The largest absolute Gasteiger partial charge is 0.342 e. The molecule has 2 rings (SSSR count). The number of hydrogen-bond donors (Lipinski definition) is 0. The Balaban J connectivity index is 1.88. The lowest BCUT2D eigenvalue weighted by molar-refractivity contribution is -0.131. The molecule has 1 fully saturated rings. The molecule has 4 heteroatoms. The van der Waals surface area contributed by atoms with Crippen LogP contribution in [0.1, 0.15) is 43.2 Å². The molecule has 0 spiro atoms. The molecular formula is C15H23NOS2. The Kier molecular flexibility index (Phi) is 5.76. The van der Waals surface area contributed by atoms with E-state index in [9.17, 15) is 4.79 Å². The third-order valence-electron chi connectivity index (χ3n) is 3.77. The number of rotatable bonds is 4. The molecule has 1 saturated heterocycles. The van der Waals surface area contributed by atoms with Gasteiger partial charge in [0.25, 0.3) is 0 Å². The normalized spacial score (nSPS) is 22.0. The van der Waals surface area contributed by atoms with Crippen molar-refractivity contribution in [2.75, 3.05) is 18.8 Å². The van der Waals surface area contributed by atoms with E-state index in [1.165, 1.54) is 4.88 Å². The third kappa shape index (κ3) is 4.25. The average Bonchev–Trinajstić information content (AvgIpc) is 2.83. The van der Waals surface area contributed by atoms with Gasteiger partial charge in [-0.3, -0.25) is 4.79 Å². The van der Waals surface area contributed by atoms with Gasteiger partial charge in [-0.15, -0.1) is 11.3 Å². The molecule has 1 amide bonds. The van der Waals surface area contributed by atoms with Crippen molar-refractivity contribution in [3.8, 4) is 0 Å². The SMILES string of the molecule is CCC(C)CC(=O)N1CCSC(c2cccs2)CC1. The molecule has 2 atom stereocenters. The van der Waals surface area contributed by atoms with Crippen molar-refractivity contribution in [2.45, 2.75) is 38.4 Å². The number of thiophene rings is 1. The second kappa shape index (κ2) is 7.34. The fraction of sp³-hybridized carbons (Fsp3) is 0.667. The van der Waals surface area contributed by atoms with Gasteiger partial charge in [-0.05, 0) is 23.8 Å². The second-order valence-electron chi connectivity index (χ2n) is 5.26. The van der Waals surface area contributed by atoms with Gasteiger partial charge in [0.05, 0.1) is 0 Å². The van der Waals surface area contributed by atoms with Gasteiger partial charge in [0.2, 0.25) is 5.91 Å². The van der Waals surface area contributed by atoms with Gasteiger partial charge in [-0.2, -0.15) is 11.8 Å². The summed E-state index contributed by atoms with van der Waals surface area (Å²) in [7, 11) is 0. The maximum atomic E-state index is 12.2. The Morgan fingerprint density at radius 3 is 3.05 bits per heavy atom. The highest BCUT2D eigenvalue weighted by Gasteiger charge is 2.23. The summed E-state index contributed by atoms with van der Waals surface area (Å²) in [6.07, 6.45) is 2.90. The van der Waals surface area contributed by atoms with Crippen molar-refractivity contribution in [1.29, 1.82) is 0 Å². The predicted molar refractivity (Wildman–Crippen MR) is 84.8 cm³/mol. The van der Waals surface area contributed by atoms with Gasteiger partial charge in [0.15, 0.2) is 0 Å². The summed E-state index contributed by atoms with van der Waals surface area (Å²) in [5, 5.41) is 2.73. The van der Waals surface area contributed by atoms with Crippen molar-refractivity contribution >= 4 is 29.0 Å². The first-order chi connectivity index (χ1) is 9.20. The Morgan fingerprint density at radius 2 is 2.37 bits per heavy atom. The molecule has 2 heterocycles. The standard InChI is InChI=1S/C15H23NOS2/c1-3-12(2)11-15(17)16-7-6-14(19-10-8-16)13-5-4-9-18-13/h4-5,9,12,14H,3,6-8,10-11H2,1-2H3. The minimum Gasteiger partial charge on any atom is -0.342 e. The van der Waals surface area contributed by atoms with Crippen LogP contribution in [-0.4, -0.2) is 29.6 Å². The fourth-order valence-corrected chi connectivity index (χ4v) is 4.53. The van der Waals surface area contributed by atoms with Gasteiger partial charge < -0.3 is 4.90 Å². The van der Waals surface area contributed by atoms with E-state index in [4.69, 9.17) is 0 Å². The Labute approximate surface area is 124 Å². The van der Waals surface area contributed by atoms with E-state index < -0.39 is 0 Å². The van der Waals surface area contributed by atoms with Crippen LogP contribution in [0, 0.1) is 5.92 Å². The lowest BCUT2D eigenvalue weighted by Crippen LogP contribution is -2.33. The van der Waals surface area contributed by atoms with Crippen molar-refractivity contribution in [3.05, 3.63) is 22.4 Å². The second-order valence-corrected chi connectivity index (χ2v) is 7.55. The molecular weight excluding hydrogens is 274 g/mol. The van der Waals surface area contributed by atoms with Crippen LogP contribution in [0.2, 0.25) is 0 Å². The number of carbonyl (C=O) groups is 1. The summed E-state index contributed by atoms with van der Waals surface area (Å²) >= 11 is 3.84. The molecule has 1 aliphatic heterocycles. The summed E-state index contributed by atoms with van der Waals surface area (Å²) in [4.78, 5) is 15.8. The summed E-state index contributed by atoms with van der Waals surface area (Å²) in [5.74, 6) is 1.92. The molecule has 2 nitrogen and oxygen atoms in total. The van der Waals surface area contributed by atoms with E-state index in [1.54, 1.807) is 0 Å². The van der Waals surface area contributed by atoms with E-state index in [0.29, 0.717) is 23.5 Å². The minimum absolute atomic E-state index is 0.349. The minimum atomic E-state index is 0.349. The number of thioether (sulfide) groups is 1. The Morgan fingerprint density at radius 1 is 1.53 bits per heavy atom. The van der Waals surface area contributed by atoms with Crippen molar-refractivity contribution in [1.82, 2.24) is 4.90 Å². The fourth-order valence-electron chi connectivity index (χ4n) is 2.29. The van der Waals surface area contributed by atoms with Gasteiger partial charge in [-0.1, -0.05) is 26.3 Å². The van der Waals surface area contributed by atoms with Crippen LogP contribution in [0.25, 0.3) is 0 Å². The van der Waals surface area contributed by atoms with Gasteiger partial charge in [0.1, 0.15) is 0 Å². The summed E-state index contributed by atoms with van der Waals surface area (Å²) in [5.41, 5.74) is 0. The van der Waals surface area contributed by atoms with E-state index in [2.05, 4.69) is 36.3 Å². The molecule has 0 aromatic carbocycles. The van der Waals surface area contributed by atoms with Crippen molar-refractivity contribution in [2.24, 2.45) is 5.92 Å². The van der Waals surface area contributed by atoms with Crippen molar-refractivity contribution in [3.63, 3.8) is 0 Å². The number of nitrogens with zero attached hydrogens (tertiary/aromatic N) is 1. The molecule has 0 saturated carbocycles. The predicted octanol–water partition coefficient (Wildman–Crippen LogP) is 4.19. The van der Waals surface area contributed by atoms with Crippen LogP contribution in [0.15, 0.2) is 17.5 Å². The maximum Gasteiger partial charge on any atom is 0.222 e. The number of hydrogen-bond acceptors (Lipinski definition) is 3. The first-order valence-electron chi connectivity index (χ1n) is 7.13. The van der Waals surface area contributed by atoms with Crippen LogP contribution in [-0.2, 0) is 4.79 Å². The maximum absolute atomic E-state index is 12.2. The molecule has 0 aliphatic carbocycles. The zero-order valence-electron chi connectivity index (χ0n) is 11.8. The van der Waals surface area contributed by atoms with E-state index >= 15 is 0 Å². The molecule has 0 bridgehead atoms. The van der Waals surface area contributed by atoms with E-state index in [1.807, 2.05) is 23.1 Å². The van der Waals surface area contributed by atoms with Crippen LogP contribution < -0.4 is 0 Å². The molecule has 1 aliphatic rings. The number of carbonyl (C=O) groups excluding carboxylic acids is 1. The zero-order chi connectivity index (χ0) is 13.7. The third-order valence-corrected chi connectivity index (χ3v) is 6.22. The summed E-state index contributed by atoms with van der Waals surface area (Å²) in [6.45, 7) is 6.16. The highest BCUT2D eigenvalue weighted by molar-refractivity contribution is 7.99. The smallest absolute Gasteiger partial charge is 0.222 e. The van der Waals surface area contributed by atoms with Crippen molar-refractivity contribution < 1.29 is 4.79 Å². The average molecular weight is 297 g/mol. The highest BCUT2D eigenvalue weighted by atomic mass is 32.2. The Hall–Kier alpha value is -0.480. The molecule has 0 N–H and O–H groups in total. The van der Waals surface area contributed by atoms with Crippen LogP contribution in [0.4, 0.5) is 0 Å². The summed E-state index contributed by atoms with van der Waals surface area (Å²) in [6, 6.07) is 4.34. The molecule has 1 aromatic rings. The van der Waals surface area contributed by atoms with E-state index in [-0.39, 0.29) is 0 Å². The van der Waals surface area contributed by atoms with Crippen LogP contribution >= 0.6 is 23.1 Å².